The first-order chi connectivity index (χ1) is 15.5. The van der Waals surface area contributed by atoms with Gasteiger partial charge >= 0.3 is 0 Å². The Labute approximate surface area is 186 Å². The zero-order valence-corrected chi connectivity index (χ0v) is 17.6. The molecule has 32 heavy (non-hydrogen) atoms. The smallest absolute Gasteiger partial charge is 0.294 e. The van der Waals surface area contributed by atoms with E-state index in [1.165, 1.54) is 29.4 Å². The summed E-state index contributed by atoms with van der Waals surface area (Å²) in [5.74, 6) is -1.78. The topological polar surface area (TPSA) is 100 Å². The molecule has 2 aromatic carbocycles. The van der Waals surface area contributed by atoms with Crippen molar-refractivity contribution in [3.63, 3.8) is 0 Å². The molecule has 7 nitrogen and oxygen atoms in total. The van der Waals surface area contributed by atoms with Crippen molar-refractivity contribution < 1.29 is 29.0 Å². The van der Waals surface area contributed by atoms with Crippen LogP contribution in [0.25, 0.3) is 11.0 Å². The summed E-state index contributed by atoms with van der Waals surface area (Å²) in [6, 6.07) is 15.7. The molecule has 8 heteroatoms. The normalized spacial score (nSPS) is 16.2. The number of thiophene rings is 1. The summed E-state index contributed by atoms with van der Waals surface area (Å²) >= 11 is 1.33. The molecule has 0 spiro atoms. The van der Waals surface area contributed by atoms with Gasteiger partial charge in [0.25, 0.3) is 5.91 Å². The van der Waals surface area contributed by atoms with Gasteiger partial charge in [0.15, 0.2) is 22.9 Å². The number of amides is 1. The predicted octanol–water partition coefficient (Wildman–Crippen LogP) is 4.99. The Kier molecular flexibility index (Phi) is 4.71. The van der Waals surface area contributed by atoms with E-state index in [1.54, 1.807) is 54.6 Å². The van der Waals surface area contributed by atoms with Gasteiger partial charge in [0, 0.05) is 10.3 Å². The molecule has 1 unspecified atom stereocenters. The van der Waals surface area contributed by atoms with Gasteiger partial charge in [0.2, 0.25) is 5.78 Å². The lowest BCUT2D eigenvalue weighted by molar-refractivity contribution is -0.117. The van der Waals surface area contributed by atoms with Gasteiger partial charge in [-0.15, -0.1) is 11.3 Å². The van der Waals surface area contributed by atoms with Gasteiger partial charge in [-0.1, -0.05) is 30.3 Å². The van der Waals surface area contributed by atoms with Gasteiger partial charge in [-0.05, 0) is 35.7 Å². The quantitative estimate of drug-likeness (QED) is 0.418. The largest absolute Gasteiger partial charge is 0.506 e. The SMILES string of the molecule is COc1cccc2cc(C(=O)C3=C(O)C(=O)N(c4ccccc4O)C3c3cccs3)oc12. The van der Waals surface area contributed by atoms with E-state index in [2.05, 4.69) is 0 Å². The fourth-order valence-corrected chi connectivity index (χ4v) is 4.73. The summed E-state index contributed by atoms with van der Waals surface area (Å²) in [6.07, 6.45) is 0. The molecule has 2 aromatic heterocycles. The van der Waals surface area contributed by atoms with Crippen molar-refractivity contribution in [3.8, 4) is 11.5 Å². The van der Waals surface area contributed by atoms with E-state index in [-0.39, 0.29) is 22.8 Å². The van der Waals surface area contributed by atoms with Gasteiger partial charge in [0.1, 0.15) is 11.8 Å². The lowest BCUT2D eigenvalue weighted by Crippen LogP contribution is -2.30. The van der Waals surface area contributed by atoms with Crippen LogP contribution >= 0.6 is 11.3 Å². The number of hydrogen-bond donors (Lipinski definition) is 2. The average molecular weight is 447 g/mol. The monoisotopic (exact) mass is 447 g/mol. The Morgan fingerprint density at radius 3 is 2.62 bits per heavy atom. The second-order valence-electron chi connectivity index (χ2n) is 7.16. The number of aliphatic hydroxyl groups excluding tert-OH is 1. The van der Waals surface area contributed by atoms with E-state index in [0.29, 0.717) is 21.6 Å². The lowest BCUT2D eigenvalue weighted by atomic mass is 10.00. The Hall–Kier alpha value is -4.04. The van der Waals surface area contributed by atoms with Crippen LogP contribution in [0.5, 0.6) is 11.5 Å². The zero-order chi connectivity index (χ0) is 22.4. The van der Waals surface area contributed by atoms with Crippen molar-refractivity contribution in [2.75, 3.05) is 12.0 Å². The molecule has 4 aromatic rings. The summed E-state index contributed by atoms with van der Waals surface area (Å²) in [5.41, 5.74) is 0.475. The van der Waals surface area contributed by atoms with Crippen molar-refractivity contribution in [3.05, 3.63) is 88.0 Å². The number of nitrogens with zero attached hydrogens (tertiary/aromatic N) is 1. The second-order valence-corrected chi connectivity index (χ2v) is 8.14. The summed E-state index contributed by atoms with van der Waals surface area (Å²) in [4.78, 5) is 28.5. The fraction of sp³-hybridized carbons (Fsp3) is 0.0833. The van der Waals surface area contributed by atoms with Crippen LogP contribution in [-0.2, 0) is 4.79 Å². The minimum Gasteiger partial charge on any atom is -0.506 e. The standard InChI is InChI=1S/C24H17NO6S/c1-30-16-9-4-6-13-12-17(31-23(13)16)21(27)19-20(18-10-5-11-32-18)25(24(29)22(19)28)14-7-2-3-8-15(14)26/h2-12,20,26,28H,1H3. The zero-order valence-electron chi connectivity index (χ0n) is 16.8. The number of benzene rings is 2. The summed E-state index contributed by atoms with van der Waals surface area (Å²) in [6.45, 7) is 0. The van der Waals surface area contributed by atoms with Crippen LogP contribution in [0, 0.1) is 0 Å². The summed E-state index contributed by atoms with van der Waals surface area (Å²) in [5, 5.41) is 23.6. The van der Waals surface area contributed by atoms with Crippen molar-refractivity contribution in [2.24, 2.45) is 0 Å². The highest BCUT2D eigenvalue weighted by atomic mass is 32.1. The predicted molar refractivity (Wildman–Crippen MR) is 119 cm³/mol. The number of ketones is 1. The third-order valence-corrected chi connectivity index (χ3v) is 6.28. The maximum atomic E-state index is 13.6. The lowest BCUT2D eigenvalue weighted by Gasteiger charge is -2.26. The number of aliphatic hydroxyl groups is 1. The van der Waals surface area contributed by atoms with Gasteiger partial charge in [-0.3, -0.25) is 14.5 Å². The van der Waals surface area contributed by atoms with Crippen molar-refractivity contribution in [1.82, 2.24) is 0 Å². The first-order valence-electron chi connectivity index (χ1n) is 9.70. The second kappa shape index (κ2) is 7.58. The van der Waals surface area contributed by atoms with E-state index in [9.17, 15) is 19.8 Å². The van der Waals surface area contributed by atoms with Crippen LogP contribution in [0.2, 0.25) is 0 Å². The Balaban J connectivity index is 1.66. The van der Waals surface area contributed by atoms with Gasteiger partial charge in [0.05, 0.1) is 18.4 Å². The van der Waals surface area contributed by atoms with Crippen LogP contribution in [0.3, 0.4) is 0 Å². The number of methoxy groups -OCH3 is 1. The molecule has 160 valence electrons. The molecule has 0 aliphatic carbocycles. The van der Waals surface area contributed by atoms with Crippen LogP contribution in [0.1, 0.15) is 21.5 Å². The molecule has 0 bridgehead atoms. The van der Waals surface area contributed by atoms with E-state index >= 15 is 0 Å². The highest BCUT2D eigenvalue weighted by Crippen LogP contribution is 2.46. The molecule has 2 N–H and O–H groups in total. The number of phenolic OH excluding ortho intramolecular Hbond substituents is 1. The number of anilines is 1. The number of ether oxygens (including phenoxy) is 1. The number of furan rings is 1. The molecule has 5 rings (SSSR count). The third kappa shape index (κ3) is 2.96. The molecule has 3 heterocycles. The molecular formula is C24H17NO6S. The minimum atomic E-state index is -0.918. The molecule has 1 aliphatic rings. The number of hydrogen-bond acceptors (Lipinski definition) is 7. The van der Waals surface area contributed by atoms with Gasteiger partial charge in [-0.2, -0.15) is 0 Å². The fourth-order valence-electron chi connectivity index (χ4n) is 3.91. The molecule has 1 atom stereocenters. The summed E-state index contributed by atoms with van der Waals surface area (Å²) in [7, 11) is 1.50. The molecular weight excluding hydrogens is 430 g/mol. The third-order valence-electron chi connectivity index (χ3n) is 5.36. The number of Topliss-reactive ketones (excluding diaryl/α,β-unsaturated/α-hetero) is 1. The highest BCUT2D eigenvalue weighted by molar-refractivity contribution is 7.10. The average Bonchev–Trinajstić information content (AvgIpc) is 3.53. The number of aromatic hydroxyl groups is 1. The Bertz CT molecular complexity index is 1380. The van der Waals surface area contributed by atoms with Crippen molar-refractivity contribution in [1.29, 1.82) is 0 Å². The first-order valence-corrected chi connectivity index (χ1v) is 10.6. The molecule has 1 aliphatic heterocycles. The molecule has 0 saturated heterocycles. The number of phenols is 1. The van der Waals surface area contributed by atoms with Crippen LogP contribution < -0.4 is 9.64 Å². The number of carbonyl (C=O) groups excluding carboxylic acids is 2. The Morgan fingerprint density at radius 2 is 1.91 bits per heavy atom. The van der Waals surface area contributed by atoms with Crippen LogP contribution in [0.15, 0.2) is 81.8 Å². The minimum absolute atomic E-state index is 0.0282. The van der Waals surface area contributed by atoms with Gasteiger partial charge in [-0.25, -0.2) is 0 Å². The van der Waals surface area contributed by atoms with Crippen LogP contribution in [-0.4, -0.2) is 29.0 Å². The molecule has 0 fully saturated rings. The number of carbonyl (C=O) groups is 2. The number of rotatable bonds is 5. The van der Waals surface area contributed by atoms with E-state index in [0.717, 1.165) is 0 Å². The maximum absolute atomic E-state index is 13.6. The maximum Gasteiger partial charge on any atom is 0.294 e. The van der Waals surface area contributed by atoms with Crippen molar-refractivity contribution >= 4 is 39.7 Å². The highest BCUT2D eigenvalue weighted by Gasteiger charge is 2.46. The molecule has 0 saturated carbocycles. The van der Waals surface area contributed by atoms with Crippen LogP contribution in [0.4, 0.5) is 5.69 Å². The summed E-state index contributed by atoms with van der Waals surface area (Å²) < 4.78 is 11.1. The van der Waals surface area contributed by atoms with E-state index < -0.39 is 23.5 Å². The Morgan fingerprint density at radius 1 is 1.09 bits per heavy atom. The van der Waals surface area contributed by atoms with E-state index in [1.807, 2.05) is 5.38 Å². The van der Waals surface area contributed by atoms with Crippen molar-refractivity contribution in [2.45, 2.75) is 6.04 Å². The molecule has 0 radical (unpaired) electrons. The first kappa shape index (κ1) is 19.9. The number of para-hydroxylation sites is 3. The van der Waals surface area contributed by atoms with E-state index in [4.69, 9.17) is 9.15 Å². The molecule has 1 amide bonds. The van der Waals surface area contributed by atoms with Gasteiger partial charge < -0.3 is 19.4 Å². The number of fused-ring (bicyclic) bond motifs is 1.